The SMILES string of the molecule is COc1ccc2c3c1O[C@H]1C[C@@H](O)C=C[C@@]31[C@@H](O)C[N+](C)([O-])C2. The Balaban J connectivity index is 2.01. The molecule has 0 aromatic heterocycles. The number of benzene rings is 1. The summed E-state index contributed by atoms with van der Waals surface area (Å²) in [5.74, 6) is 1.18. The molecule has 1 aromatic rings. The van der Waals surface area contributed by atoms with Gasteiger partial charge in [0.05, 0.1) is 25.7 Å². The molecule has 0 radical (unpaired) electrons. The molecule has 6 nitrogen and oxygen atoms in total. The van der Waals surface area contributed by atoms with Gasteiger partial charge >= 0.3 is 0 Å². The van der Waals surface area contributed by atoms with E-state index in [1.54, 1.807) is 26.3 Å². The average Bonchev–Trinajstić information content (AvgIpc) is 2.78. The number of hydrogen-bond donors (Lipinski definition) is 2. The topological polar surface area (TPSA) is 82.0 Å². The summed E-state index contributed by atoms with van der Waals surface area (Å²) in [6.45, 7) is 0.355. The van der Waals surface area contributed by atoms with E-state index in [1.165, 1.54) is 0 Å². The van der Waals surface area contributed by atoms with Crippen LogP contribution in [0, 0.1) is 5.21 Å². The molecule has 0 saturated heterocycles. The van der Waals surface area contributed by atoms with Gasteiger partial charge in [-0.15, -0.1) is 0 Å². The Morgan fingerprint density at radius 1 is 1.39 bits per heavy atom. The molecule has 0 amide bonds. The number of ether oxygens (including phenoxy) is 2. The monoisotopic (exact) mass is 319 g/mol. The first-order valence-electron chi connectivity index (χ1n) is 7.85. The predicted octanol–water partition coefficient (Wildman–Crippen LogP) is 0.834. The zero-order chi connectivity index (χ0) is 16.4. The Labute approximate surface area is 134 Å². The largest absolute Gasteiger partial charge is 0.633 e. The van der Waals surface area contributed by atoms with Crippen LogP contribution in [0.25, 0.3) is 0 Å². The minimum absolute atomic E-state index is 0.0801. The molecular weight excluding hydrogens is 298 g/mol. The van der Waals surface area contributed by atoms with E-state index in [1.807, 2.05) is 12.1 Å². The normalized spacial score (nSPS) is 40.8. The van der Waals surface area contributed by atoms with Crippen molar-refractivity contribution in [1.82, 2.24) is 0 Å². The lowest BCUT2D eigenvalue weighted by Gasteiger charge is -2.42. The van der Waals surface area contributed by atoms with Crippen molar-refractivity contribution in [3.63, 3.8) is 0 Å². The number of nitrogens with zero attached hydrogens (tertiary/aromatic N) is 1. The molecule has 124 valence electrons. The molecule has 2 N–H and O–H groups in total. The van der Waals surface area contributed by atoms with Crippen LogP contribution in [0.2, 0.25) is 0 Å². The fourth-order valence-electron chi connectivity index (χ4n) is 4.33. The third kappa shape index (κ3) is 1.96. The molecule has 0 saturated carbocycles. The number of rotatable bonds is 1. The van der Waals surface area contributed by atoms with Gasteiger partial charge in [-0.25, -0.2) is 0 Å². The number of hydroxylamine groups is 3. The second kappa shape index (κ2) is 4.70. The van der Waals surface area contributed by atoms with Crippen LogP contribution >= 0.6 is 0 Å². The van der Waals surface area contributed by atoms with E-state index in [4.69, 9.17) is 9.47 Å². The number of hydrogen-bond acceptors (Lipinski definition) is 5. The van der Waals surface area contributed by atoms with E-state index in [-0.39, 0.29) is 13.1 Å². The van der Waals surface area contributed by atoms with E-state index in [0.717, 1.165) is 11.1 Å². The summed E-state index contributed by atoms with van der Waals surface area (Å²) in [5, 5.41) is 33.6. The van der Waals surface area contributed by atoms with Crippen molar-refractivity contribution in [2.45, 2.75) is 36.7 Å². The first kappa shape index (κ1) is 15.0. The third-order valence-electron chi connectivity index (χ3n) is 5.32. The van der Waals surface area contributed by atoms with Crippen LogP contribution in [-0.2, 0) is 12.0 Å². The van der Waals surface area contributed by atoms with Crippen LogP contribution in [0.1, 0.15) is 17.5 Å². The minimum Gasteiger partial charge on any atom is -0.633 e. The highest BCUT2D eigenvalue weighted by molar-refractivity contribution is 5.61. The van der Waals surface area contributed by atoms with E-state index in [0.29, 0.717) is 17.9 Å². The lowest BCUT2D eigenvalue weighted by molar-refractivity contribution is -0.877. The summed E-state index contributed by atoms with van der Waals surface area (Å²) in [6.07, 6.45) is 2.01. The van der Waals surface area contributed by atoms with Gasteiger partial charge in [-0.3, -0.25) is 0 Å². The number of quaternary nitrogens is 1. The van der Waals surface area contributed by atoms with Gasteiger partial charge in [-0.1, -0.05) is 12.2 Å². The van der Waals surface area contributed by atoms with Gasteiger partial charge in [0, 0.05) is 17.5 Å². The van der Waals surface area contributed by atoms with Gasteiger partial charge < -0.3 is 29.5 Å². The molecule has 2 heterocycles. The van der Waals surface area contributed by atoms with Gasteiger partial charge in [0.15, 0.2) is 11.5 Å². The molecule has 1 aromatic carbocycles. The summed E-state index contributed by atoms with van der Waals surface area (Å²) in [4.78, 5) is 0. The Kier molecular flexibility index (Phi) is 3.06. The first-order chi connectivity index (χ1) is 10.9. The number of methoxy groups -OCH3 is 1. The molecule has 0 bridgehead atoms. The Hall–Kier alpha value is -1.60. The van der Waals surface area contributed by atoms with Crippen LogP contribution in [0.15, 0.2) is 24.3 Å². The summed E-state index contributed by atoms with van der Waals surface area (Å²) in [7, 11) is 3.15. The minimum atomic E-state index is -0.881. The fraction of sp³-hybridized carbons (Fsp3) is 0.529. The highest BCUT2D eigenvalue weighted by atomic mass is 16.5. The van der Waals surface area contributed by atoms with Crippen LogP contribution < -0.4 is 9.47 Å². The molecule has 23 heavy (non-hydrogen) atoms. The molecular formula is C17H21NO5. The van der Waals surface area contributed by atoms with Crippen LogP contribution in [0.4, 0.5) is 0 Å². The fourth-order valence-corrected chi connectivity index (χ4v) is 4.33. The molecule has 3 aliphatic rings. The molecule has 1 unspecified atom stereocenters. The smallest absolute Gasteiger partial charge is 0.166 e. The predicted molar refractivity (Wildman–Crippen MR) is 83.0 cm³/mol. The van der Waals surface area contributed by atoms with Crippen LogP contribution in [0.3, 0.4) is 0 Å². The van der Waals surface area contributed by atoms with E-state index in [9.17, 15) is 15.4 Å². The van der Waals surface area contributed by atoms with E-state index < -0.39 is 28.4 Å². The number of likely N-dealkylation sites (N-methyl/N-ethyl adjacent to an activating group) is 1. The van der Waals surface area contributed by atoms with Crippen molar-refractivity contribution in [3.8, 4) is 11.5 Å². The van der Waals surface area contributed by atoms with Gasteiger partial charge in [0.25, 0.3) is 0 Å². The van der Waals surface area contributed by atoms with Crippen molar-refractivity contribution in [1.29, 1.82) is 0 Å². The second-order valence-corrected chi connectivity index (χ2v) is 6.99. The van der Waals surface area contributed by atoms with Crippen molar-refractivity contribution < 1.29 is 24.3 Å². The number of aliphatic hydroxyl groups is 2. The van der Waals surface area contributed by atoms with Crippen molar-refractivity contribution in [3.05, 3.63) is 40.6 Å². The maximum atomic E-state index is 12.7. The molecule has 0 fully saturated rings. The third-order valence-corrected chi connectivity index (χ3v) is 5.32. The standard InChI is InChI=1S/C17H21NO5/c1-18(21)8-10-3-4-12(22-2)16-15(10)17(13(20)9-18)6-5-11(19)7-14(17)23-16/h3-6,11,13-14,19-20H,7-9H2,1-2H3/t11-,13-,14-,17-,18?/m0/s1. The summed E-state index contributed by atoms with van der Waals surface area (Å²) >= 11 is 0. The second-order valence-electron chi connectivity index (χ2n) is 6.99. The van der Waals surface area contributed by atoms with Gasteiger partial charge in [-0.05, 0) is 12.1 Å². The zero-order valence-electron chi connectivity index (χ0n) is 13.2. The Morgan fingerprint density at radius 2 is 2.17 bits per heavy atom. The lowest BCUT2D eigenvalue weighted by Crippen LogP contribution is -2.54. The maximum absolute atomic E-state index is 12.7. The van der Waals surface area contributed by atoms with Gasteiger partial charge in [0.1, 0.15) is 25.3 Å². The highest BCUT2D eigenvalue weighted by Crippen LogP contribution is 2.56. The summed E-state index contributed by atoms with van der Waals surface area (Å²) in [6, 6.07) is 3.69. The Bertz CT molecular complexity index is 686. The maximum Gasteiger partial charge on any atom is 0.166 e. The van der Waals surface area contributed by atoms with Crippen LogP contribution in [-0.4, -0.2) is 53.9 Å². The molecule has 1 spiro atoms. The molecule has 1 aliphatic carbocycles. The van der Waals surface area contributed by atoms with Crippen molar-refractivity contribution in [2.24, 2.45) is 0 Å². The van der Waals surface area contributed by atoms with Gasteiger partial charge in [-0.2, -0.15) is 0 Å². The lowest BCUT2D eigenvalue weighted by atomic mass is 9.67. The van der Waals surface area contributed by atoms with E-state index >= 15 is 0 Å². The summed E-state index contributed by atoms with van der Waals surface area (Å²) < 4.78 is 11.0. The molecule has 5 atom stereocenters. The quantitative estimate of drug-likeness (QED) is 0.455. The van der Waals surface area contributed by atoms with Crippen molar-refractivity contribution in [2.75, 3.05) is 20.7 Å². The highest BCUT2D eigenvalue weighted by Gasteiger charge is 2.58. The average molecular weight is 319 g/mol. The summed E-state index contributed by atoms with van der Waals surface area (Å²) in [5.41, 5.74) is 0.923. The Morgan fingerprint density at radius 3 is 2.91 bits per heavy atom. The molecule has 2 aliphatic heterocycles. The first-order valence-corrected chi connectivity index (χ1v) is 7.85. The molecule has 4 rings (SSSR count). The zero-order valence-corrected chi connectivity index (χ0v) is 13.2. The van der Waals surface area contributed by atoms with E-state index in [2.05, 4.69) is 0 Å². The number of aliphatic hydroxyl groups excluding tert-OH is 2. The van der Waals surface area contributed by atoms with Crippen LogP contribution in [0.5, 0.6) is 11.5 Å². The molecule has 6 heteroatoms. The van der Waals surface area contributed by atoms with Gasteiger partial charge in [0.2, 0.25) is 0 Å². The van der Waals surface area contributed by atoms with Crippen molar-refractivity contribution >= 4 is 0 Å².